The third-order valence-electron chi connectivity index (χ3n) is 2.65. The normalized spacial score (nSPS) is 12.6. The number of benzene rings is 1. The topological polar surface area (TPSA) is 38.0 Å². The summed E-state index contributed by atoms with van der Waals surface area (Å²) in [6.07, 6.45) is 0.921. The number of nitrogens with two attached hydrogens (primary N) is 1. The number of nitrogens with one attached hydrogen (secondary N) is 1. The number of thiophene rings is 1. The molecule has 4 heteroatoms. The van der Waals surface area contributed by atoms with Gasteiger partial charge >= 0.3 is 0 Å². The first-order valence-corrected chi connectivity index (χ1v) is 7.12. The summed E-state index contributed by atoms with van der Waals surface area (Å²) in [5.41, 5.74) is 5.35. The van der Waals surface area contributed by atoms with Gasteiger partial charge in [0.1, 0.15) is 0 Å². The van der Waals surface area contributed by atoms with Gasteiger partial charge in [0.05, 0.1) is 6.04 Å². The van der Waals surface area contributed by atoms with Crippen LogP contribution in [0.4, 0.5) is 0 Å². The van der Waals surface area contributed by atoms with Crippen molar-refractivity contribution < 1.29 is 0 Å². The second kappa shape index (κ2) is 5.78. The van der Waals surface area contributed by atoms with Gasteiger partial charge in [-0.3, -0.25) is 11.3 Å². The lowest BCUT2D eigenvalue weighted by Gasteiger charge is -2.16. The minimum Gasteiger partial charge on any atom is -0.271 e. The Hall–Kier alpha value is -0.680. The fraction of sp³-hybridized carbons (Fsp3) is 0.231. The molecular weight excluding hydrogens is 296 g/mol. The molecule has 90 valence electrons. The van der Waals surface area contributed by atoms with Gasteiger partial charge in [0.2, 0.25) is 0 Å². The molecule has 0 aliphatic heterocycles. The van der Waals surface area contributed by atoms with E-state index in [1.165, 1.54) is 16.0 Å². The predicted octanol–water partition coefficient (Wildman–Crippen LogP) is 3.57. The van der Waals surface area contributed by atoms with E-state index in [2.05, 4.69) is 64.0 Å². The third kappa shape index (κ3) is 3.39. The molecule has 1 aromatic heterocycles. The molecule has 2 nitrogen and oxygen atoms in total. The second-order valence-electron chi connectivity index (χ2n) is 4.06. The molecule has 0 saturated heterocycles. The summed E-state index contributed by atoms with van der Waals surface area (Å²) in [5.74, 6) is 5.66. The fourth-order valence-corrected chi connectivity index (χ4v) is 3.25. The minimum absolute atomic E-state index is 0.157. The smallest absolute Gasteiger partial charge is 0.0508 e. The van der Waals surface area contributed by atoms with Crippen LogP contribution in [0, 0.1) is 6.92 Å². The van der Waals surface area contributed by atoms with Crippen LogP contribution in [0.2, 0.25) is 0 Å². The van der Waals surface area contributed by atoms with E-state index >= 15 is 0 Å². The molecule has 1 heterocycles. The molecule has 2 aromatic rings. The Kier molecular flexibility index (Phi) is 4.34. The fourth-order valence-electron chi connectivity index (χ4n) is 1.87. The zero-order valence-corrected chi connectivity index (χ0v) is 12.0. The zero-order chi connectivity index (χ0) is 12.3. The molecule has 0 fully saturated rings. The van der Waals surface area contributed by atoms with E-state index < -0.39 is 0 Å². The lowest BCUT2D eigenvalue weighted by Crippen LogP contribution is -2.29. The van der Waals surface area contributed by atoms with Crippen LogP contribution in [0.1, 0.15) is 22.0 Å². The van der Waals surface area contributed by atoms with Gasteiger partial charge in [-0.15, -0.1) is 11.3 Å². The van der Waals surface area contributed by atoms with Crippen molar-refractivity contribution >= 4 is 27.3 Å². The third-order valence-corrected chi connectivity index (χ3v) is 4.01. The molecule has 0 spiro atoms. The molecule has 0 amide bonds. The summed E-state index contributed by atoms with van der Waals surface area (Å²) in [7, 11) is 0. The van der Waals surface area contributed by atoms with Crippen LogP contribution in [0.15, 0.2) is 40.2 Å². The summed E-state index contributed by atoms with van der Waals surface area (Å²) in [6.45, 7) is 2.09. The monoisotopic (exact) mass is 310 g/mol. The number of hydrogen-bond acceptors (Lipinski definition) is 3. The summed E-state index contributed by atoms with van der Waals surface area (Å²) in [5, 5.41) is 2.09. The SMILES string of the molecule is Cc1cc(Br)cc(C(Cc2cccs2)NN)c1. The number of halogens is 1. The van der Waals surface area contributed by atoms with Crippen molar-refractivity contribution in [1.29, 1.82) is 0 Å². The molecule has 0 bridgehead atoms. The van der Waals surface area contributed by atoms with Gasteiger partial charge in [-0.25, -0.2) is 0 Å². The Bertz CT molecular complexity index is 462. The maximum atomic E-state index is 5.66. The Labute approximate surface area is 114 Å². The minimum atomic E-state index is 0.157. The van der Waals surface area contributed by atoms with Gasteiger partial charge in [-0.05, 0) is 41.6 Å². The van der Waals surface area contributed by atoms with Crippen molar-refractivity contribution in [2.45, 2.75) is 19.4 Å². The number of hydrazine groups is 1. The highest BCUT2D eigenvalue weighted by Gasteiger charge is 2.12. The molecule has 1 atom stereocenters. The van der Waals surface area contributed by atoms with Gasteiger partial charge in [0.25, 0.3) is 0 Å². The van der Waals surface area contributed by atoms with E-state index in [-0.39, 0.29) is 6.04 Å². The van der Waals surface area contributed by atoms with Crippen LogP contribution >= 0.6 is 27.3 Å². The molecule has 3 N–H and O–H groups in total. The van der Waals surface area contributed by atoms with Gasteiger partial charge < -0.3 is 0 Å². The van der Waals surface area contributed by atoms with Crippen LogP contribution in [0.5, 0.6) is 0 Å². The molecule has 1 unspecified atom stereocenters. The lowest BCUT2D eigenvalue weighted by atomic mass is 10.0. The molecule has 2 rings (SSSR count). The van der Waals surface area contributed by atoms with Crippen LogP contribution < -0.4 is 11.3 Å². The number of rotatable bonds is 4. The van der Waals surface area contributed by atoms with Crippen LogP contribution in [-0.2, 0) is 6.42 Å². The molecule has 0 aliphatic rings. The average molecular weight is 311 g/mol. The molecular formula is C13H15BrN2S. The van der Waals surface area contributed by atoms with Crippen LogP contribution in [-0.4, -0.2) is 0 Å². The van der Waals surface area contributed by atoms with E-state index in [9.17, 15) is 0 Å². The van der Waals surface area contributed by atoms with E-state index in [0.29, 0.717) is 0 Å². The van der Waals surface area contributed by atoms with E-state index in [4.69, 9.17) is 5.84 Å². The lowest BCUT2D eigenvalue weighted by molar-refractivity contribution is 0.555. The first-order chi connectivity index (χ1) is 8.19. The second-order valence-corrected chi connectivity index (χ2v) is 6.01. The van der Waals surface area contributed by atoms with Gasteiger partial charge in [0.15, 0.2) is 0 Å². The standard InChI is InChI=1S/C13H15BrN2S/c1-9-5-10(7-11(14)6-9)13(16-15)8-12-3-2-4-17-12/h2-7,13,16H,8,15H2,1H3. The van der Waals surface area contributed by atoms with Gasteiger partial charge in [0, 0.05) is 15.8 Å². The van der Waals surface area contributed by atoms with Gasteiger partial charge in [-0.2, -0.15) is 0 Å². The van der Waals surface area contributed by atoms with Crippen molar-refractivity contribution in [3.05, 3.63) is 56.2 Å². The van der Waals surface area contributed by atoms with Crippen LogP contribution in [0.3, 0.4) is 0 Å². The zero-order valence-electron chi connectivity index (χ0n) is 9.61. The molecule has 17 heavy (non-hydrogen) atoms. The number of aryl methyl sites for hydroxylation is 1. The van der Waals surface area contributed by atoms with Crippen molar-refractivity contribution in [2.24, 2.45) is 5.84 Å². The van der Waals surface area contributed by atoms with Crippen molar-refractivity contribution in [3.63, 3.8) is 0 Å². The Morgan fingerprint density at radius 3 is 2.82 bits per heavy atom. The summed E-state index contributed by atoms with van der Waals surface area (Å²) in [6, 6.07) is 10.8. The molecule has 1 aromatic carbocycles. The molecule has 0 radical (unpaired) electrons. The Morgan fingerprint density at radius 1 is 1.41 bits per heavy atom. The Balaban J connectivity index is 2.22. The van der Waals surface area contributed by atoms with E-state index in [1.807, 2.05) is 0 Å². The quantitative estimate of drug-likeness (QED) is 0.669. The predicted molar refractivity (Wildman–Crippen MR) is 77.0 cm³/mol. The maximum Gasteiger partial charge on any atom is 0.0508 e. The van der Waals surface area contributed by atoms with Crippen molar-refractivity contribution in [2.75, 3.05) is 0 Å². The largest absolute Gasteiger partial charge is 0.271 e. The maximum absolute atomic E-state index is 5.66. The van der Waals surface area contributed by atoms with E-state index in [0.717, 1.165) is 10.9 Å². The highest BCUT2D eigenvalue weighted by Crippen LogP contribution is 2.24. The van der Waals surface area contributed by atoms with Crippen molar-refractivity contribution in [3.8, 4) is 0 Å². The first kappa shape index (κ1) is 12.8. The number of hydrogen-bond donors (Lipinski definition) is 2. The molecule has 0 saturated carbocycles. The molecule has 0 aliphatic carbocycles. The average Bonchev–Trinajstić information content (AvgIpc) is 2.77. The summed E-state index contributed by atoms with van der Waals surface area (Å²) < 4.78 is 1.10. The Morgan fingerprint density at radius 2 is 2.24 bits per heavy atom. The van der Waals surface area contributed by atoms with E-state index in [1.54, 1.807) is 11.3 Å². The highest BCUT2D eigenvalue weighted by atomic mass is 79.9. The first-order valence-electron chi connectivity index (χ1n) is 5.44. The summed E-state index contributed by atoms with van der Waals surface area (Å²) >= 11 is 5.28. The van der Waals surface area contributed by atoms with Crippen LogP contribution in [0.25, 0.3) is 0 Å². The van der Waals surface area contributed by atoms with Crippen molar-refractivity contribution in [1.82, 2.24) is 5.43 Å². The summed E-state index contributed by atoms with van der Waals surface area (Å²) in [4.78, 5) is 1.34. The highest BCUT2D eigenvalue weighted by molar-refractivity contribution is 9.10. The van der Waals surface area contributed by atoms with Gasteiger partial charge in [-0.1, -0.05) is 28.1 Å².